The Bertz CT molecular complexity index is 703. The molecule has 0 N–H and O–H groups in total. The normalized spacial score (nSPS) is 10.7. The Hall–Kier alpha value is -2.47. The highest BCUT2D eigenvalue weighted by Crippen LogP contribution is 2.36. The predicted octanol–water partition coefficient (Wildman–Crippen LogP) is 6.63. The molecule has 0 aliphatic heterocycles. The fraction of sp³-hybridized carbons (Fsp3) is 0.273. The molecule has 0 saturated heterocycles. The molecule has 2 aromatic carbocycles. The van der Waals surface area contributed by atoms with E-state index >= 15 is 0 Å². The van der Waals surface area contributed by atoms with Gasteiger partial charge in [-0.3, -0.25) is 0 Å². The first kappa shape index (κ1) is 18.9. The van der Waals surface area contributed by atoms with Gasteiger partial charge in [-0.15, -0.1) is 0 Å². The van der Waals surface area contributed by atoms with Crippen LogP contribution in [0.3, 0.4) is 0 Å². The van der Waals surface area contributed by atoms with Gasteiger partial charge >= 0.3 is 6.18 Å². The van der Waals surface area contributed by atoms with E-state index in [-0.39, 0.29) is 5.57 Å². The fourth-order valence-electron chi connectivity index (χ4n) is 2.55. The summed E-state index contributed by atoms with van der Waals surface area (Å²) in [6.45, 7) is 2.05. The lowest BCUT2D eigenvalue weighted by molar-refractivity contribution is -0.0866. The summed E-state index contributed by atoms with van der Waals surface area (Å²) in [5.74, 6) is 5.14. The van der Waals surface area contributed by atoms with Crippen molar-refractivity contribution in [1.29, 1.82) is 0 Å². The van der Waals surface area contributed by atoms with Gasteiger partial charge in [0.05, 0.1) is 0 Å². The summed E-state index contributed by atoms with van der Waals surface area (Å²) in [6.07, 6.45) is -1.21. The zero-order chi connectivity index (χ0) is 18.1. The Morgan fingerprint density at radius 2 is 1.36 bits per heavy atom. The van der Waals surface area contributed by atoms with Crippen LogP contribution >= 0.6 is 0 Å². The van der Waals surface area contributed by atoms with Crippen LogP contribution in [0.4, 0.5) is 13.2 Å². The summed E-state index contributed by atoms with van der Waals surface area (Å²) in [5.41, 5.74) is 0.394. The highest BCUT2D eigenvalue weighted by atomic mass is 19.4. The third-order valence-corrected chi connectivity index (χ3v) is 3.78. The number of hydrogen-bond donors (Lipinski definition) is 0. The minimum absolute atomic E-state index is 0.136. The second-order valence-corrected chi connectivity index (χ2v) is 5.74. The summed E-state index contributed by atoms with van der Waals surface area (Å²) >= 11 is 0. The van der Waals surface area contributed by atoms with E-state index in [9.17, 15) is 13.2 Å². The van der Waals surface area contributed by atoms with E-state index in [1.54, 1.807) is 60.7 Å². The summed E-state index contributed by atoms with van der Waals surface area (Å²) in [7, 11) is 0. The van der Waals surface area contributed by atoms with Crippen LogP contribution in [0, 0.1) is 11.8 Å². The quantitative estimate of drug-likeness (QED) is 0.422. The van der Waals surface area contributed by atoms with E-state index in [4.69, 9.17) is 0 Å². The second kappa shape index (κ2) is 9.13. The summed E-state index contributed by atoms with van der Waals surface area (Å²) in [5, 5.41) is 0. The molecule has 2 aromatic rings. The highest BCUT2D eigenvalue weighted by molar-refractivity contribution is 5.85. The molecule has 0 atom stereocenters. The van der Waals surface area contributed by atoms with Crippen LogP contribution in [0.5, 0.6) is 0 Å². The molecular weight excluding hydrogens is 321 g/mol. The van der Waals surface area contributed by atoms with E-state index in [0.29, 0.717) is 17.5 Å². The number of alkyl halides is 3. The Morgan fingerprint density at radius 3 is 1.80 bits per heavy atom. The molecule has 0 unspecified atom stereocenters. The molecule has 0 aliphatic rings. The first-order chi connectivity index (χ1) is 12.0. The highest BCUT2D eigenvalue weighted by Gasteiger charge is 2.36. The van der Waals surface area contributed by atoms with Crippen molar-refractivity contribution in [3.8, 4) is 11.8 Å². The van der Waals surface area contributed by atoms with Crippen molar-refractivity contribution in [2.24, 2.45) is 0 Å². The predicted molar refractivity (Wildman–Crippen MR) is 96.9 cm³/mol. The van der Waals surface area contributed by atoms with Gasteiger partial charge in [0.2, 0.25) is 0 Å². The van der Waals surface area contributed by atoms with Gasteiger partial charge in [0.25, 0.3) is 0 Å². The molecule has 0 bridgehead atoms. The van der Waals surface area contributed by atoms with Crippen LogP contribution in [-0.2, 0) is 0 Å². The molecule has 0 heterocycles. The maximum atomic E-state index is 13.8. The van der Waals surface area contributed by atoms with Crippen LogP contribution < -0.4 is 0 Å². The molecule has 130 valence electrons. The van der Waals surface area contributed by atoms with E-state index in [1.165, 1.54) is 0 Å². The lowest BCUT2D eigenvalue weighted by Gasteiger charge is -2.15. The van der Waals surface area contributed by atoms with E-state index < -0.39 is 11.7 Å². The van der Waals surface area contributed by atoms with Crippen LogP contribution in [0.25, 0.3) is 5.57 Å². The average molecular weight is 342 g/mol. The third kappa shape index (κ3) is 5.53. The lowest BCUT2D eigenvalue weighted by Crippen LogP contribution is -2.13. The van der Waals surface area contributed by atoms with Crippen molar-refractivity contribution in [3.05, 3.63) is 77.4 Å². The molecule has 3 heteroatoms. The standard InChI is InChI=1S/C22H21F3/c1-2-3-4-5-12-17-20(22(23,24)25)21(18-13-8-6-9-14-18)19-15-10-7-11-16-19/h6-11,13-16H,2-5H2,1H3. The van der Waals surface area contributed by atoms with Crippen molar-refractivity contribution >= 4 is 5.57 Å². The lowest BCUT2D eigenvalue weighted by atomic mass is 9.92. The first-order valence-corrected chi connectivity index (χ1v) is 8.45. The van der Waals surface area contributed by atoms with Crippen molar-refractivity contribution in [2.75, 3.05) is 0 Å². The van der Waals surface area contributed by atoms with Gasteiger partial charge in [-0.05, 0) is 17.5 Å². The molecule has 25 heavy (non-hydrogen) atoms. The number of rotatable bonds is 5. The molecule has 0 nitrogen and oxygen atoms in total. The molecule has 0 radical (unpaired) electrons. The molecule has 0 spiro atoms. The Kier molecular flexibility index (Phi) is 6.89. The molecule has 0 amide bonds. The number of halogens is 3. The van der Waals surface area contributed by atoms with Crippen LogP contribution in [0.2, 0.25) is 0 Å². The van der Waals surface area contributed by atoms with Gasteiger partial charge in [0.1, 0.15) is 5.57 Å². The monoisotopic (exact) mass is 342 g/mol. The van der Waals surface area contributed by atoms with Crippen LogP contribution in [0.1, 0.15) is 43.7 Å². The number of unbranched alkanes of at least 4 members (excludes halogenated alkanes) is 3. The summed E-state index contributed by atoms with van der Waals surface area (Å²) in [4.78, 5) is 0. The number of benzene rings is 2. The fourth-order valence-corrected chi connectivity index (χ4v) is 2.55. The van der Waals surface area contributed by atoms with Gasteiger partial charge < -0.3 is 0 Å². The Balaban J connectivity index is 2.58. The molecule has 0 aromatic heterocycles. The summed E-state index contributed by atoms with van der Waals surface area (Å²) in [6, 6.07) is 17.3. The maximum absolute atomic E-state index is 13.8. The van der Waals surface area contributed by atoms with Gasteiger partial charge in [0, 0.05) is 12.0 Å². The van der Waals surface area contributed by atoms with Crippen molar-refractivity contribution in [3.63, 3.8) is 0 Å². The van der Waals surface area contributed by atoms with Crippen molar-refractivity contribution in [1.82, 2.24) is 0 Å². The zero-order valence-corrected chi connectivity index (χ0v) is 14.2. The zero-order valence-electron chi connectivity index (χ0n) is 14.2. The SMILES string of the molecule is CCCCCC#CC(=C(c1ccccc1)c1ccccc1)C(F)(F)F. The molecule has 0 aliphatic carbocycles. The smallest absolute Gasteiger partial charge is 0.165 e. The first-order valence-electron chi connectivity index (χ1n) is 8.45. The van der Waals surface area contributed by atoms with E-state index in [2.05, 4.69) is 18.8 Å². The Labute approximate surface area is 147 Å². The van der Waals surface area contributed by atoms with Crippen molar-refractivity contribution in [2.45, 2.75) is 38.8 Å². The number of allylic oxidation sites excluding steroid dienone is 1. The van der Waals surface area contributed by atoms with E-state index in [1.807, 2.05) is 0 Å². The molecule has 2 rings (SSSR count). The van der Waals surface area contributed by atoms with Crippen LogP contribution in [0.15, 0.2) is 66.2 Å². The van der Waals surface area contributed by atoms with Gasteiger partial charge in [0.15, 0.2) is 0 Å². The maximum Gasteiger partial charge on any atom is 0.424 e. The topological polar surface area (TPSA) is 0 Å². The van der Waals surface area contributed by atoms with Gasteiger partial charge in [-0.1, -0.05) is 92.3 Å². The van der Waals surface area contributed by atoms with Gasteiger partial charge in [-0.25, -0.2) is 0 Å². The second-order valence-electron chi connectivity index (χ2n) is 5.74. The molecule has 0 saturated carbocycles. The largest absolute Gasteiger partial charge is 0.424 e. The summed E-state index contributed by atoms with van der Waals surface area (Å²) < 4.78 is 41.3. The Morgan fingerprint density at radius 1 is 0.840 bits per heavy atom. The van der Waals surface area contributed by atoms with Crippen LogP contribution in [-0.4, -0.2) is 6.18 Å². The average Bonchev–Trinajstić information content (AvgIpc) is 2.61. The van der Waals surface area contributed by atoms with Gasteiger partial charge in [-0.2, -0.15) is 13.2 Å². The third-order valence-electron chi connectivity index (χ3n) is 3.78. The van der Waals surface area contributed by atoms with E-state index in [0.717, 1.165) is 19.3 Å². The van der Waals surface area contributed by atoms with Crippen molar-refractivity contribution < 1.29 is 13.2 Å². The molecular formula is C22H21F3. The molecule has 0 fully saturated rings. The minimum atomic E-state index is -4.50. The minimum Gasteiger partial charge on any atom is -0.165 e. The number of hydrogen-bond acceptors (Lipinski definition) is 0.